The molecule has 6 heteroatoms. The van der Waals surface area contributed by atoms with Crippen LogP contribution < -0.4 is 10.2 Å². The van der Waals surface area contributed by atoms with Crippen molar-refractivity contribution in [2.45, 2.75) is 19.6 Å². The predicted octanol–water partition coefficient (Wildman–Crippen LogP) is 0.793. The molecular weight excluding hydrogens is 300 g/mol. The van der Waals surface area contributed by atoms with Crippen LogP contribution in [0, 0.1) is 0 Å². The second-order valence-corrected chi connectivity index (χ2v) is 5.00. The van der Waals surface area contributed by atoms with Gasteiger partial charge >= 0.3 is 0 Å². The molecule has 5 nitrogen and oxygen atoms in total. The van der Waals surface area contributed by atoms with E-state index in [0.29, 0.717) is 0 Å². The number of hydrogen-bond donors (Lipinski definition) is 2. The monoisotopic (exact) mass is 312 g/mol. The number of hydrogen-bond acceptors (Lipinski definition) is 4. The molecule has 0 aromatic heterocycles. The van der Waals surface area contributed by atoms with Gasteiger partial charge in [-0.25, -0.2) is 0 Å². The molecule has 1 fully saturated rings. The Labute approximate surface area is 113 Å². The first kappa shape index (κ1) is 13.0. The Morgan fingerprint density at radius 3 is 2.83 bits per heavy atom. The van der Waals surface area contributed by atoms with Crippen LogP contribution in [-0.2, 0) is 16.2 Å². The van der Waals surface area contributed by atoms with E-state index in [0.717, 1.165) is 15.7 Å². The van der Waals surface area contributed by atoms with Crippen molar-refractivity contribution >= 4 is 33.4 Å². The lowest BCUT2D eigenvalue weighted by atomic mass is 10.1. The molecule has 1 aromatic carbocycles. The maximum absolute atomic E-state index is 11.6. The van der Waals surface area contributed by atoms with Crippen molar-refractivity contribution < 1.29 is 14.7 Å². The number of nitrogens with one attached hydrogen (secondary N) is 1. The van der Waals surface area contributed by atoms with Crippen LogP contribution in [0.3, 0.4) is 0 Å². The molecule has 96 valence electrons. The van der Waals surface area contributed by atoms with Crippen LogP contribution in [-0.4, -0.2) is 29.5 Å². The van der Waals surface area contributed by atoms with Crippen molar-refractivity contribution in [1.82, 2.24) is 5.32 Å². The molecule has 1 saturated heterocycles. The summed E-state index contributed by atoms with van der Waals surface area (Å²) in [5.74, 6) is -0.603. The summed E-state index contributed by atoms with van der Waals surface area (Å²) in [6, 6.07) is 4.96. The number of amides is 2. The number of aliphatic hydroxyl groups excluding tert-OH is 1. The third kappa shape index (κ3) is 2.39. The number of benzene rings is 1. The first-order valence-electron chi connectivity index (χ1n) is 5.52. The minimum Gasteiger partial charge on any atom is -0.392 e. The first-order chi connectivity index (χ1) is 8.52. The fraction of sp³-hybridized carbons (Fsp3) is 0.333. The fourth-order valence-electron chi connectivity index (χ4n) is 1.87. The summed E-state index contributed by atoms with van der Waals surface area (Å²) in [4.78, 5) is 24.7. The Hall–Kier alpha value is -1.40. The molecule has 1 aromatic rings. The molecule has 18 heavy (non-hydrogen) atoms. The number of carbonyl (C=O) groups excluding carboxylic acids is 2. The van der Waals surface area contributed by atoms with Crippen LogP contribution in [0.4, 0.5) is 5.69 Å². The third-order valence-electron chi connectivity index (χ3n) is 2.96. The average molecular weight is 313 g/mol. The van der Waals surface area contributed by atoms with Crippen LogP contribution >= 0.6 is 15.9 Å². The van der Waals surface area contributed by atoms with Gasteiger partial charge in [-0.15, -0.1) is 0 Å². The van der Waals surface area contributed by atoms with Crippen LogP contribution in [0.15, 0.2) is 22.7 Å². The van der Waals surface area contributed by atoms with Gasteiger partial charge in [-0.1, -0.05) is 22.0 Å². The van der Waals surface area contributed by atoms with Crippen molar-refractivity contribution in [3.63, 3.8) is 0 Å². The highest BCUT2D eigenvalue weighted by atomic mass is 79.9. The highest BCUT2D eigenvalue weighted by molar-refractivity contribution is 9.10. The van der Waals surface area contributed by atoms with Gasteiger partial charge in [0.05, 0.1) is 13.2 Å². The number of halogens is 1. The topological polar surface area (TPSA) is 69.6 Å². The van der Waals surface area contributed by atoms with E-state index in [4.69, 9.17) is 5.11 Å². The summed E-state index contributed by atoms with van der Waals surface area (Å²) in [6.07, 6.45) is 0. The van der Waals surface area contributed by atoms with Crippen LogP contribution in [0.2, 0.25) is 0 Å². The number of nitrogens with zero attached hydrogens (tertiary/aromatic N) is 1. The molecule has 1 aliphatic heterocycles. The van der Waals surface area contributed by atoms with Crippen LogP contribution in [0.5, 0.6) is 0 Å². The van der Waals surface area contributed by atoms with Gasteiger partial charge in [-0.05, 0) is 24.6 Å². The van der Waals surface area contributed by atoms with Gasteiger partial charge in [0.1, 0.15) is 6.04 Å². The number of aliphatic hydroxyl groups is 1. The van der Waals surface area contributed by atoms with E-state index in [1.54, 1.807) is 30.0 Å². The van der Waals surface area contributed by atoms with E-state index in [2.05, 4.69) is 21.2 Å². The Bertz CT molecular complexity index is 504. The fourth-order valence-corrected chi connectivity index (χ4v) is 2.36. The molecule has 2 rings (SSSR count). The molecule has 1 heterocycles. The molecule has 0 radical (unpaired) electrons. The molecule has 2 N–H and O–H groups in total. The highest BCUT2D eigenvalue weighted by Crippen LogP contribution is 2.26. The van der Waals surface area contributed by atoms with Gasteiger partial charge in [-0.2, -0.15) is 0 Å². The van der Waals surface area contributed by atoms with E-state index in [-0.39, 0.29) is 25.0 Å². The summed E-state index contributed by atoms with van der Waals surface area (Å²) in [5.41, 5.74) is 1.54. The van der Waals surface area contributed by atoms with E-state index < -0.39 is 6.04 Å². The Morgan fingerprint density at radius 1 is 1.50 bits per heavy atom. The van der Waals surface area contributed by atoms with Gasteiger partial charge in [0.15, 0.2) is 0 Å². The molecule has 1 aliphatic rings. The van der Waals surface area contributed by atoms with Crippen molar-refractivity contribution in [3.05, 3.63) is 28.2 Å². The number of piperazine rings is 1. The summed E-state index contributed by atoms with van der Waals surface area (Å²) in [7, 11) is 0. The molecule has 1 unspecified atom stereocenters. The van der Waals surface area contributed by atoms with E-state index in [1.165, 1.54) is 0 Å². The zero-order valence-corrected chi connectivity index (χ0v) is 11.4. The van der Waals surface area contributed by atoms with Gasteiger partial charge in [0.2, 0.25) is 11.8 Å². The minimum atomic E-state index is -0.394. The third-order valence-corrected chi connectivity index (χ3v) is 3.70. The number of rotatable bonds is 2. The molecule has 0 spiro atoms. The predicted molar refractivity (Wildman–Crippen MR) is 70.0 cm³/mol. The molecule has 0 saturated carbocycles. The molecule has 1 atom stereocenters. The molecule has 0 bridgehead atoms. The van der Waals surface area contributed by atoms with Crippen LogP contribution in [0.25, 0.3) is 0 Å². The maximum Gasteiger partial charge on any atom is 0.249 e. The Balaban J connectivity index is 2.32. The largest absolute Gasteiger partial charge is 0.392 e. The van der Waals surface area contributed by atoms with Crippen molar-refractivity contribution in [2.24, 2.45) is 0 Å². The standard InChI is InChI=1S/C12H13BrN2O3/c1-7-12(18)14-11(17)5-15(7)9-3-2-8(6-16)10(13)4-9/h2-4,7,16H,5-6H2,1H3,(H,14,17,18). The molecule has 0 aliphatic carbocycles. The van der Waals surface area contributed by atoms with Crippen molar-refractivity contribution in [3.8, 4) is 0 Å². The first-order valence-corrected chi connectivity index (χ1v) is 6.32. The van der Waals surface area contributed by atoms with Gasteiger partial charge in [0.25, 0.3) is 0 Å². The zero-order chi connectivity index (χ0) is 13.3. The lowest BCUT2D eigenvalue weighted by Crippen LogP contribution is -2.57. The molecule has 2 amide bonds. The second kappa shape index (κ2) is 5.07. The second-order valence-electron chi connectivity index (χ2n) is 4.15. The van der Waals surface area contributed by atoms with Crippen LogP contribution in [0.1, 0.15) is 12.5 Å². The van der Waals surface area contributed by atoms with E-state index in [1.807, 2.05) is 0 Å². The van der Waals surface area contributed by atoms with E-state index >= 15 is 0 Å². The van der Waals surface area contributed by atoms with Gasteiger partial charge < -0.3 is 10.0 Å². The van der Waals surface area contributed by atoms with Crippen molar-refractivity contribution in [2.75, 3.05) is 11.4 Å². The zero-order valence-electron chi connectivity index (χ0n) is 9.81. The normalized spacial score (nSPS) is 19.9. The average Bonchev–Trinajstić information content (AvgIpc) is 2.33. The highest BCUT2D eigenvalue weighted by Gasteiger charge is 2.30. The SMILES string of the molecule is CC1C(=O)NC(=O)CN1c1ccc(CO)c(Br)c1. The summed E-state index contributed by atoms with van der Waals surface area (Å²) in [5, 5.41) is 11.4. The van der Waals surface area contributed by atoms with Gasteiger partial charge in [-0.3, -0.25) is 14.9 Å². The minimum absolute atomic E-state index is 0.0597. The van der Waals surface area contributed by atoms with Crippen molar-refractivity contribution in [1.29, 1.82) is 0 Å². The molecular formula is C12H13BrN2O3. The number of imide groups is 1. The summed E-state index contributed by atoms with van der Waals surface area (Å²) < 4.78 is 0.758. The van der Waals surface area contributed by atoms with E-state index in [9.17, 15) is 9.59 Å². The summed E-state index contributed by atoms with van der Waals surface area (Å²) in [6.45, 7) is 1.84. The number of anilines is 1. The maximum atomic E-state index is 11.6. The smallest absolute Gasteiger partial charge is 0.249 e. The van der Waals surface area contributed by atoms with Gasteiger partial charge in [0, 0.05) is 10.2 Å². The Kier molecular flexibility index (Phi) is 3.68. The lowest BCUT2D eigenvalue weighted by molar-refractivity contribution is -0.132. The summed E-state index contributed by atoms with van der Waals surface area (Å²) >= 11 is 3.35. The lowest BCUT2D eigenvalue weighted by Gasteiger charge is -2.33. The number of carbonyl (C=O) groups is 2. The quantitative estimate of drug-likeness (QED) is 0.792. The Morgan fingerprint density at radius 2 is 2.22 bits per heavy atom.